The molecule has 2 fully saturated rings. The maximum atomic E-state index is 13.5. The molecule has 34 heavy (non-hydrogen) atoms. The van der Waals surface area contributed by atoms with Crippen LogP contribution in [-0.4, -0.2) is 67.3 Å². The van der Waals surface area contributed by atoms with Gasteiger partial charge < -0.3 is 9.80 Å². The van der Waals surface area contributed by atoms with E-state index < -0.39 is 16.1 Å². The number of fused-ring (bicyclic) bond motifs is 1. The molecule has 11 heteroatoms. The summed E-state index contributed by atoms with van der Waals surface area (Å²) in [5.74, 6) is -0.0949. The fourth-order valence-corrected chi connectivity index (χ4v) is 8.98. The SMILES string of the molecule is CCc1ccc2nc(N3CCN(C(=O)C4CCCCN4S(=O)(=O)c4ccc(Cl)s4)CC3)sc2c1. The van der Waals surface area contributed by atoms with Crippen molar-refractivity contribution in [1.29, 1.82) is 0 Å². The van der Waals surface area contributed by atoms with Crippen LogP contribution in [-0.2, 0) is 21.2 Å². The van der Waals surface area contributed by atoms with Gasteiger partial charge in [0.25, 0.3) is 10.0 Å². The lowest BCUT2D eigenvalue weighted by Gasteiger charge is -2.40. The second-order valence-electron chi connectivity index (χ2n) is 8.65. The monoisotopic (exact) mass is 538 g/mol. The zero-order valence-electron chi connectivity index (χ0n) is 18.9. The number of piperazine rings is 1. The topological polar surface area (TPSA) is 73.8 Å². The van der Waals surface area contributed by atoms with E-state index in [9.17, 15) is 13.2 Å². The average Bonchev–Trinajstić information content (AvgIpc) is 3.50. The molecule has 2 aliphatic rings. The van der Waals surface area contributed by atoms with Crippen molar-refractivity contribution in [3.05, 3.63) is 40.2 Å². The molecule has 5 rings (SSSR count). The summed E-state index contributed by atoms with van der Waals surface area (Å²) in [6.45, 7) is 5.00. The van der Waals surface area contributed by atoms with Crippen molar-refractivity contribution in [2.75, 3.05) is 37.6 Å². The number of hydrogen-bond acceptors (Lipinski definition) is 7. The minimum Gasteiger partial charge on any atom is -0.345 e. The zero-order chi connectivity index (χ0) is 23.9. The molecule has 4 heterocycles. The highest BCUT2D eigenvalue weighted by Gasteiger charge is 2.40. The van der Waals surface area contributed by atoms with Gasteiger partial charge in [0.1, 0.15) is 10.3 Å². The fourth-order valence-electron chi connectivity index (χ4n) is 4.63. The third-order valence-corrected chi connectivity index (χ3v) is 11.2. The number of sulfonamides is 1. The van der Waals surface area contributed by atoms with Crippen molar-refractivity contribution in [1.82, 2.24) is 14.2 Å². The molecule has 2 saturated heterocycles. The van der Waals surface area contributed by atoms with Gasteiger partial charge in [-0.3, -0.25) is 4.79 Å². The lowest BCUT2D eigenvalue weighted by Crippen LogP contribution is -2.57. The number of thiophene rings is 1. The summed E-state index contributed by atoms with van der Waals surface area (Å²) in [6.07, 6.45) is 3.15. The molecule has 0 spiro atoms. The van der Waals surface area contributed by atoms with Crippen LogP contribution in [0.1, 0.15) is 31.7 Å². The van der Waals surface area contributed by atoms with Crippen molar-refractivity contribution in [3.8, 4) is 0 Å². The van der Waals surface area contributed by atoms with Crippen LogP contribution in [0.25, 0.3) is 10.2 Å². The summed E-state index contributed by atoms with van der Waals surface area (Å²) in [7, 11) is -3.75. The van der Waals surface area contributed by atoms with Gasteiger partial charge in [-0.25, -0.2) is 13.4 Å². The first kappa shape index (κ1) is 24.0. The second-order valence-corrected chi connectivity index (χ2v) is 13.5. The molecule has 0 N–H and O–H groups in total. The molecule has 3 aromatic rings. The van der Waals surface area contributed by atoms with Gasteiger partial charge in [-0.15, -0.1) is 11.3 Å². The van der Waals surface area contributed by atoms with E-state index in [1.807, 2.05) is 4.90 Å². The largest absolute Gasteiger partial charge is 0.345 e. The van der Waals surface area contributed by atoms with Crippen molar-refractivity contribution in [2.24, 2.45) is 0 Å². The van der Waals surface area contributed by atoms with Gasteiger partial charge in [-0.05, 0) is 49.1 Å². The Labute approximate surface area is 213 Å². The molecule has 7 nitrogen and oxygen atoms in total. The van der Waals surface area contributed by atoms with Crippen LogP contribution in [0.2, 0.25) is 4.34 Å². The van der Waals surface area contributed by atoms with Gasteiger partial charge in [0.2, 0.25) is 5.91 Å². The minimum atomic E-state index is -3.75. The van der Waals surface area contributed by atoms with Gasteiger partial charge >= 0.3 is 0 Å². The maximum Gasteiger partial charge on any atom is 0.253 e. The van der Waals surface area contributed by atoms with E-state index in [0.717, 1.165) is 41.2 Å². The molecule has 2 aliphatic heterocycles. The Kier molecular flexibility index (Phi) is 6.87. The van der Waals surface area contributed by atoms with E-state index in [0.29, 0.717) is 43.5 Å². The highest BCUT2D eigenvalue weighted by molar-refractivity contribution is 7.91. The Balaban J connectivity index is 1.28. The van der Waals surface area contributed by atoms with Crippen LogP contribution >= 0.6 is 34.3 Å². The molecule has 0 bridgehead atoms. The van der Waals surface area contributed by atoms with Crippen LogP contribution in [0.5, 0.6) is 0 Å². The van der Waals surface area contributed by atoms with E-state index in [4.69, 9.17) is 16.6 Å². The second kappa shape index (κ2) is 9.73. The van der Waals surface area contributed by atoms with Gasteiger partial charge in [0, 0.05) is 32.7 Å². The number of benzene rings is 1. The fraction of sp³-hybridized carbons (Fsp3) is 0.478. The van der Waals surface area contributed by atoms with Crippen LogP contribution in [0.3, 0.4) is 0 Å². The van der Waals surface area contributed by atoms with Crippen LogP contribution in [0.15, 0.2) is 34.5 Å². The summed E-state index contributed by atoms with van der Waals surface area (Å²) in [5, 5.41) is 0.979. The average molecular weight is 539 g/mol. The first-order chi connectivity index (χ1) is 16.4. The van der Waals surface area contributed by atoms with Gasteiger partial charge in [-0.1, -0.05) is 42.3 Å². The van der Waals surface area contributed by atoms with Gasteiger partial charge in [-0.2, -0.15) is 4.31 Å². The molecule has 1 aromatic carbocycles. The highest BCUT2D eigenvalue weighted by Crippen LogP contribution is 2.33. The third kappa shape index (κ3) is 4.58. The lowest BCUT2D eigenvalue weighted by atomic mass is 10.0. The number of amides is 1. The molecule has 0 radical (unpaired) electrons. The molecule has 182 valence electrons. The number of carbonyl (C=O) groups is 1. The minimum absolute atomic E-state index is 0.0949. The predicted octanol–water partition coefficient (Wildman–Crippen LogP) is 4.47. The quantitative estimate of drug-likeness (QED) is 0.479. The number of thiazole rings is 1. The van der Waals surface area contributed by atoms with Gasteiger partial charge in [0.15, 0.2) is 5.13 Å². The maximum absolute atomic E-state index is 13.5. The molecule has 0 aliphatic carbocycles. The molecular formula is C23H27ClN4O3S3. The van der Waals surface area contributed by atoms with Crippen molar-refractivity contribution in [3.63, 3.8) is 0 Å². The van der Waals surface area contributed by atoms with E-state index in [1.165, 1.54) is 20.6 Å². The van der Waals surface area contributed by atoms with Crippen LogP contribution in [0.4, 0.5) is 5.13 Å². The molecule has 1 unspecified atom stereocenters. The number of nitrogens with zero attached hydrogens (tertiary/aromatic N) is 4. The highest BCUT2D eigenvalue weighted by atomic mass is 35.5. The van der Waals surface area contributed by atoms with Crippen molar-refractivity contribution in [2.45, 2.75) is 42.9 Å². The number of anilines is 1. The third-order valence-electron chi connectivity index (χ3n) is 6.56. The molecular weight excluding hydrogens is 512 g/mol. The summed E-state index contributed by atoms with van der Waals surface area (Å²) in [6, 6.07) is 8.86. The number of rotatable bonds is 5. The Hall–Kier alpha value is -1.72. The first-order valence-corrected chi connectivity index (χ1v) is 15.0. The number of halogens is 1. The van der Waals surface area contributed by atoms with Crippen molar-refractivity contribution >= 4 is 65.6 Å². The number of piperidine rings is 1. The van der Waals surface area contributed by atoms with Gasteiger partial charge in [0.05, 0.1) is 14.6 Å². The standard InChI is InChI=1S/C23H27ClN4O3S3/c1-2-16-6-7-17-19(15-16)32-23(25-17)27-13-11-26(12-14-27)22(29)18-5-3-4-10-28(18)34(30,31)21-9-8-20(24)33-21/h6-9,15,18H,2-5,10-14H2,1H3. The molecule has 2 aromatic heterocycles. The molecule has 0 saturated carbocycles. The first-order valence-electron chi connectivity index (χ1n) is 11.6. The Bertz CT molecular complexity index is 1300. The predicted molar refractivity (Wildman–Crippen MR) is 139 cm³/mol. The number of aryl methyl sites for hydroxylation is 1. The summed E-state index contributed by atoms with van der Waals surface area (Å²) in [4.78, 5) is 22.3. The Morgan fingerprint density at radius 2 is 1.88 bits per heavy atom. The Morgan fingerprint density at radius 3 is 2.59 bits per heavy atom. The van der Waals surface area contributed by atoms with E-state index in [-0.39, 0.29) is 10.1 Å². The van der Waals surface area contributed by atoms with Crippen LogP contribution < -0.4 is 4.90 Å². The summed E-state index contributed by atoms with van der Waals surface area (Å²) < 4.78 is 29.7. The smallest absolute Gasteiger partial charge is 0.253 e. The number of carbonyl (C=O) groups excluding carboxylic acids is 1. The lowest BCUT2D eigenvalue weighted by molar-refractivity contribution is -0.136. The number of aromatic nitrogens is 1. The normalized spacial score (nSPS) is 20.2. The van der Waals surface area contributed by atoms with E-state index in [1.54, 1.807) is 17.4 Å². The zero-order valence-corrected chi connectivity index (χ0v) is 22.1. The van der Waals surface area contributed by atoms with E-state index in [2.05, 4.69) is 30.0 Å². The van der Waals surface area contributed by atoms with E-state index >= 15 is 0 Å². The summed E-state index contributed by atoms with van der Waals surface area (Å²) >= 11 is 8.71. The van der Waals surface area contributed by atoms with Crippen LogP contribution in [0, 0.1) is 0 Å². The molecule has 1 amide bonds. The molecule has 1 atom stereocenters. The summed E-state index contributed by atoms with van der Waals surface area (Å²) in [5.41, 5.74) is 2.31. The Morgan fingerprint density at radius 1 is 1.09 bits per heavy atom. The van der Waals surface area contributed by atoms with Crippen molar-refractivity contribution < 1.29 is 13.2 Å². The number of hydrogen-bond donors (Lipinski definition) is 0.